The Labute approximate surface area is 136 Å². The number of benzene rings is 1. The Morgan fingerprint density at radius 1 is 1.04 bits per heavy atom. The van der Waals surface area contributed by atoms with E-state index in [9.17, 15) is 24.0 Å². The Balaban J connectivity index is 1.86. The van der Waals surface area contributed by atoms with Crippen LogP contribution in [0.1, 0.15) is 27.6 Å². The first-order chi connectivity index (χ1) is 11.4. The Kier molecular flexibility index (Phi) is 5.25. The third-order valence-corrected chi connectivity index (χ3v) is 3.05. The number of esters is 1. The van der Waals surface area contributed by atoms with Gasteiger partial charge in [0.25, 0.3) is 17.7 Å². The average molecular weight is 334 g/mol. The molecule has 0 unspecified atom stereocenters. The van der Waals surface area contributed by atoms with E-state index < -0.39 is 42.9 Å². The van der Waals surface area contributed by atoms with Crippen LogP contribution >= 0.6 is 0 Å². The molecule has 1 aliphatic rings. The summed E-state index contributed by atoms with van der Waals surface area (Å²) in [5, 5.41) is 1.84. The van der Waals surface area contributed by atoms with Gasteiger partial charge in [-0.1, -0.05) is 12.1 Å². The highest BCUT2D eigenvalue weighted by molar-refractivity contribution is 6.22. The third kappa shape index (κ3) is 3.75. The van der Waals surface area contributed by atoms with Gasteiger partial charge in [0.05, 0.1) is 17.7 Å². The highest BCUT2D eigenvalue weighted by Gasteiger charge is 2.36. The Morgan fingerprint density at radius 2 is 1.62 bits per heavy atom. The number of hydrogen-bond acceptors (Lipinski definition) is 7. The summed E-state index contributed by atoms with van der Waals surface area (Å²) in [7, 11) is 0. The Morgan fingerprint density at radius 3 is 2.17 bits per heavy atom. The van der Waals surface area contributed by atoms with E-state index in [2.05, 4.69) is 9.47 Å². The molecular weight excluding hydrogens is 320 g/mol. The standard InChI is InChI=1S/C15H14N2O7/c1-2-23-15(22)16-11(18)8-24-12(19)7-17-13(20)9-5-3-4-6-10(9)14(17)21/h3-6H,2,7-8H2,1H3,(H,16,18,22). The van der Waals surface area contributed by atoms with Crippen molar-refractivity contribution in [3.05, 3.63) is 35.4 Å². The molecule has 1 N–H and O–H groups in total. The summed E-state index contributed by atoms with van der Waals surface area (Å²) >= 11 is 0. The van der Waals surface area contributed by atoms with Crippen molar-refractivity contribution in [3.63, 3.8) is 0 Å². The highest BCUT2D eigenvalue weighted by Crippen LogP contribution is 2.21. The van der Waals surface area contributed by atoms with Crippen LogP contribution in [0.2, 0.25) is 0 Å². The van der Waals surface area contributed by atoms with Crippen molar-refractivity contribution in [1.29, 1.82) is 0 Å². The fraction of sp³-hybridized carbons (Fsp3) is 0.267. The average Bonchev–Trinajstić information content (AvgIpc) is 2.79. The van der Waals surface area contributed by atoms with Crippen LogP contribution < -0.4 is 5.32 Å². The summed E-state index contributed by atoms with van der Waals surface area (Å²) in [6.45, 7) is 0.282. The predicted molar refractivity (Wildman–Crippen MR) is 77.9 cm³/mol. The molecule has 0 radical (unpaired) electrons. The smallest absolute Gasteiger partial charge is 0.413 e. The second-order valence-corrected chi connectivity index (χ2v) is 4.67. The van der Waals surface area contributed by atoms with Gasteiger partial charge in [-0.2, -0.15) is 0 Å². The van der Waals surface area contributed by atoms with Crippen molar-refractivity contribution in [3.8, 4) is 0 Å². The fourth-order valence-corrected chi connectivity index (χ4v) is 2.02. The lowest BCUT2D eigenvalue weighted by Crippen LogP contribution is -2.38. The van der Waals surface area contributed by atoms with E-state index in [1.54, 1.807) is 19.1 Å². The summed E-state index contributed by atoms with van der Waals surface area (Å²) < 4.78 is 9.12. The van der Waals surface area contributed by atoms with Crippen LogP contribution in [0.4, 0.5) is 4.79 Å². The molecule has 9 nitrogen and oxygen atoms in total. The van der Waals surface area contributed by atoms with Crippen LogP contribution in [-0.2, 0) is 19.1 Å². The minimum Gasteiger partial charge on any atom is -0.454 e. The number of carbonyl (C=O) groups is 5. The molecular formula is C15H14N2O7. The second-order valence-electron chi connectivity index (χ2n) is 4.67. The number of rotatable bonds is 5. The zero-order chi connectivity index (χ0) is 17.7. The second kappa shape index (κ2) is 7.36. The maximum atomic E-state index is 12.1. The van der Waals surface area contributed by atoms with Crippen LogP contribution in [0.5, 0.6) is 0 Å². The first kappa shape index (κ1) is 17.1. The molecule has 2 rings (SSSR count). The monoisotopic (exact) mass is 334 g/mol. The van der Waals surface area contributed by atoms with Gasteiger partial charge in [-0.05, 0) is 19.1 Å². The van der Waals surface area contributed by atoms with Gasteiger partial charge >= 0.3 is 12.1 Å². The van der Waals surface area contributed by atoms with E-state index in [-0.39, 0.29) is 17.7 Å². The fourth-order valence-electron chi connectivity index (χ4n) is 2.02. The molecule has 1 aromatic rings. The van der Waals surface area contributed by atoms with Gasteiger partial charge in [0, 0.05) is 0 Å². The number of ether oxygens (including phenoxy) is 2. The number of carbonyl (C=O) groups excluding carboxylic acids is 5. The number of fused-ring (bicyclic) bond motifs is 1. The first-order valence-electron chi connectivity index (χ1n) is 7.01. The van der Waals surface area contributed by atoms with E-state index in [0.29, 0.717) is 0 Å². The lowest BCUT2D eigenvalue weighted by Gasteiger charge is -2.12. The van der Waals surface area contributed by atoms with Crippen LogP contribution in [0.25, 0.3) is 0 Å². The summed E-state index contributed by atoms with van der Waals surface area (Å²) in [5.74, 6) is -3.06. The molecule has 0 bridgehead atoms. The highest BCUT2D eigenvalue weighted by atomic mass is 16.6. The molecule has 0 saturated heterocycles. The molecule has 126 valence electrons. The van der Waals surface area contributed by atoms with Gasteiger partial charge in [-0.3, -0.25) is 29.4 Å². The van der Waals surface area contributed by atoms with Crippen LogP contribution in [0, 0.1) is 0 Å². The van der Waals surface area contributed by atoms with Gasteiger partial charge in [-0.25, -0.2) is 4.79 Å². The molecule has 0 aliphatic carbocycles. The maximum absolute atomic E-state index is 12.1. The Bertz CT molecular complexity index is 679. The molecule has 24 heavy (non-hydrogen) atoms. The minimum atomic E-state index is -0.959. The SMILES string of the molecule is CCOC(=O)NC(=O)COC(=O)CN1C(=O)c2ccccc2C1=O. The molecule has 0 spiro atoms. The van der Waals surface area contributed by atoms with Crippen LogP contribution in [0.15, 0.2) is 24.3 Å². The molecule has 1 heterocycles. The molecule has 1 aliphatic heterocycles. The topological polar surface area (TPSA) is 119 Å². The molecule has 0 atom stereocenters. The molecule has 0 saturated carbocycles. The van der Waals surface area contributed by atoms with Crippen molar-refractivity contribution in [2.45, 2.75) is 6.92 Å². The number of nitrogens with zero attached hydrogens (tertiary/aromatic N) is 1. The van der Waals surface area contributed by atoms with Crippen molar-refractivity contribution in [1.82, 2.24) is 10.2 Å². The number of imide groups is 2. The van der Waals surface area contributed by atoms with E-state index in [4.69, 9.17) is 0 Å². The van der Waals surface area contributed by atoms with Gasteiger partial charge in [-0.15, -0.1) is 0 Å². The van der Waals surface area contributed by atoms with Gasteiger partial charge in [0.2, 0.25) is 0 Å². The summed E-state index contributed by atoms with van der Waals surface area (Å²) in [5.41, 5.74) is 0.408. The van der Waals surface area contributed by atoms with Crippen molar-refractivity contribution >= 4 is 29.8 Å². The normalized spacial score (nSPS) is 12.6. The number of nitrogens with one attached hydrogen (secondary N) is 1. The van der Waals surface area contributed by atoms with E-state index in [1.807, 2.05) is 5.32 Å². The van der Waals surface area contributed by atoms with Crippen LogP contribution in [-0.4, -0.2) is 54.4 Å². The third-order valence-electron chi connectivity index (χ3n) is 3.05. The Hall–Kier alpha value is -3.23. The molecule has 0 aromatic heterocycles. The molecule has 4 amide bonds. The van der Waals surface area contributed by atoms with E-state index >= 15 is 0 Å². The van der Waals surface area contributed by atoms with Crippen molar-refractivity contribution in [2.24, 2.45) is 0 Å². The summed E-state index contributed by atoms with van der Waals surface area (Å²) in [4.78, 5) is 58.9. The van der Waals surface area contributed by atoms with Gasteiger partial charge in [0.1, 0.15) is 6.54 Å². The molecule has 1 aromatic carbocycles. The van der Waals surface area contributed by atoms with Crippen LogP contribution in [0.3, 0.4) is 0 Å². The zero-order valence-corrected chi connectivity index (χ0v) is 12.7. The van der Waals surface area contributed by atoms with Crippen molar-refractivity contribution < 1.29 is 33.4 Å². The van der Waals surface area contributed by atoms with E-state index in [1.165, 1.54) is 12.1 Å². The lowest BCUT2D eigenvalue weighted by atomic mass is 10.1. The predicted octanol–water partition coefficient (Wildman–Crippen LogP) is 0.0985. The van der Waals surface area contributed by atoms with Gasteiger partial charge in [0.15, 0.2) is 6.61 Å². The quantitative estimate of drug-likeness (QED) is 0.599. The largest absolute Gasteiger partial charge is 0.454 e. The molecule has 0 fully saturated rings. The molecule has 9 heteroatoms. The maximum Gasteiger partial charge on any atom is 0.413 e. The summed E-state index contributed by atoms with van der Waals surface area (Å²) in [6.07, 6.45) is -0.959. The number of hydrogen-bond donors (Lipinski definition) is 1. The minimum absolute atomic E-state index is 0.0820. The number of amides is 4. The lowest BCUT2D eigenvalue weighted by molar-refractivity contribution is -0.148. The number of alkyl carbamates (subject to hydrolysis) is 1. The zero-order valence-electron chi connectivity index (χ0n) is 12.7. The van der Waals surface area contributed by atoms with Gasteiger partial charge < -0.3 is 9.47 Å². The first-order valence-corrected chi connectivity index (χ1v) is 7.01. The van der Waals surface area contributed by atoms with E-state index in [0.717, 1.165) is 4.90 Å². The van der Waals surface area contributed by atoms with Crippen molar-refractivity contribution in [2.75, 3.05) is 19.8 Å². The summed E-state index contributed by atoms with van der Waals surface area (Å²) in [6, 6.07) is 6.17.